The van der Waals surface area contributed by atoms with Crippen LogP contribution in [0.1, 0.15) is 19.8 Å². The lowest BCUT2D eigenvalue weighted by molar-refractivity contribution is 0.472. The highest BCUT2D eigenvalue weighted by Gasteiger charge is 2.08. The van der Waals surface area contributed by atoms with Crippen LogP contribution in [0.5, 0.6) is 0 Å². The van der Waals surface area contributed by atoms with Gasteiger partial charge in [0.1, 0.15) is 0 Å². The second kappa shape index (κ2) is 2.34. The minimum Gasteiger partial charge on any atom is -0.0880 e. The highest BCUT2D eigenvalue weighted by molar-refractivity contribution is 4.95. The molecule has 1 aliphatic rings. The normalized spacial score (nSPS) is 37.8. The molecule has 0 fully saturated rings. The van der Waals surface area contributed by atoms with Crippen LogP contribution in [0.25, 0.3) is 0 Å². The zero-order chi connectivity index (χ0) is 5.98. The van der Waals surface area contributed by atoms with Crippen molar-refractivity contribution >= 4 is 0 Å². The van der Waals surface area contributed by atoms with Crippen LogP contribution in [0.15, 0.2) is 12.2 Å². The maximum absolute atomic E-state index is 5.64. The van der Waals surface area contributed by atoms with Gasteiger partial charge in [0, 0.05) is 0 Å². The maximum atomic E-state index is 5.64. The first kappa shape index (κ1) is 5.87. The molecule has 0 aromatic rings. The molecule has 2 radical (unpaired) electrons. The fourth-order valence-corrected chi connectivity index (χ4v) is 1.13. The Balaban J connectivity index is 2.42. The molecule has 0 aromatic carbocycles. The third-order valence-corrected chi connectivity index (χ3v) is 1.60. The predicted octanol–water partition coefficient (Wildman–Crippen LogP) is 2.30. The molecule has 2 unspecified atom stereocenters. The van der Waals surface area contributed by atoms with Crippen molar-refractivity contribution in [2.24, 2.45) is 11.8 Å². The Bertz CT molecular complexity index is 92.2. The zero-order valence-electron chi connectivity index (χ0n) is 5.30. The van der Waals surface area contributed by atoms with Gasteiger partial charge in [-0.2, -0.15) is 0 Å². The van der Waals surface area contributed by atoms with E-state index in [-0.39, 0.29) is 0 Å². The second-order valence-corrected chi connectivity index (χ2v) is 2.67. The summed E-state index contributed by atoms with van der Waals surface area (Å²) in [4.78, 5) is 0. The van der Waals surface area contributed by atoms with Gasteiger partial charge in [-0.3, -0.25) is 0 Å². The quantitative estimate of drug-likeness (QED) is 0.418. The molecule has 0 nitrogen and oxygen atoms in total. The molecule has 44 valence electrons. The molecule has 8 heavy (non-hydrogen) atoms. The fraction of sp³-hybridized carbons (Fsp3) is 0.625. The molecule has 2 atom stereocenters. The Morgan fingerprint density at radius 1 is 1.62 bits per heavy atom. The summed E-state index contributed by atoms with van der Waals surface area (Å²) in [5.74, 6) is 1.13. The highest BCUT2D eigenvalue weighted by atomic mass is 14.1. The standard InChI is InChI=1S/C8H12/c1-7-4-3-5-8(2)6-7/h1,3-4,7-8H,5-6H2,2H3. The molecule has 0 heterocycles. The van der Waals surface area contributed by atoms with Crippen molar-refractivity contribution in [1.29, 1.82) is 0 Å². The molecule has 0 spiro atoms. The largest absolute Gasteiger partial charge is 0.0880 e. The van der Waals surface area contributed by atoms with Gasteiger partial charge < -0.3 is 0 Å². The lowest BCUT2D eigenvalue weighted by atomic mass is 9.89. The van der Waals surface area contributed by atoms with Gasteiger partial charge in [0.2, 0.25) is 0 Å². The predicted molar refractivity (Wildman–Crippen MR) is 35.3 cm³/mol. The van der Waals surface area contributed by atoms with Gasteiger partial charge in [0.15, 0.2) is 0 Å². The van der Waals surface area contributed by atoms with Crippen molar-refractivity contribution < 1.29 is 0 Å². The highest BCUT2D eigenvalue weighted by Crippen LogP contribution is 2.21. The number of hydrogen-bond acceptors (Lipinski definition) is 0. The minimum absolute atomic E-state index is 0.332. The Hall–Kier alpha value is -0.260. The van der Waals surface area contributed by atoms with E-state index in [1.807, 2.05) is 0 Å². The molecule has 0 saturated carbocycles. The van der Waals surface area contributed by atoms with Crippen molar-refractivity contribution in [1.82, 2.24) is 0 Å². The molecular weight excluding hydrogens is 96.1 g/mol. The Labute approximate surface area is 51.6 Å². The second-order valence-electron chi connectivity index (χ2n) is 2.67. The first-order valence-electron chi connectivity index (χ1n) is 3.21. The zero-order valence-corrected chi connectivity index (χ0v) is 5.30. The summed E-state index contributed by atoms with van der Waals surface area (Å²) in [5.41, 5.74) is 0. The van der Waals surface area contributed by atoms with E-state index in [2.05, 4.69) is 19.1 Å². The van der Waals surface area contributed by atoms with Gasteiger partial charge in [0.25, 0.3) is 0 Å². The summed E-state index contributed by atoms with van der Waals surface area (Å²) in [7, 11) is 0. The maximum Gasteiger partial charge on any atom is -0.0197 e. The topological polar surface area (TPSA) is 0 Å². The lowest BCUT2D eigenvalue weighted by Crippen LogP contribution is -2.04. The number of rotatable bonds is 0. The monoisotopic (exact) mass is 108 g/mol. The minimum atomic E-state index is 0.332. The molecule has 0 bridgehead atoms. The van der Waals surface area contributed by atoms with Crippen LogP contribution in [0, 0.1) is 18.8 Å². The lowest BCUT2D eigenvalue weighted by Gasteiger charge is -2.16. The van der Waals surface area contributed by atoms with Gasteiger partial charge in [-0.1, -0.05) is 19.1 Å². The van der Waals surface area contributed by atoms with Crippen LogP contribution >= 0.6 is 0 Å². The Kier molecular flexibility index (Phi) is 1.72. The van der Waals surface area contributed by atoms with Gasteiger partial charge >= 0.3 is 0 Å². The van der Waals surface area contributed by atoms with E-state index in [1.165, 1.54) is 6.42 Å². The van der Waals surface area contributed by atoms with Gasteiger partial charge in [-0.25, -0.2) is 0 Å². The van der Waals surface area contributed by atoms with Crippen LogP contribution in [0.4, 0.5) is 0 Å². The first-order valence-corrected chi connectivity index (χ1v) is 3.21. The molecule has 1 rings (SSSR count). The third-order valence-electron chi connectivity index (χ3n) is 1.60. The summed E-state index contributed by atoms with van der Waals surface area (Å²) < 4.78 is 0. The van der Waals surface area contributed by atoms with Crippen LogP contribution in [-0.2, 0) is 0 Å². The summed E-state index contributed by atoms with van der Waals surface area (Å²) in [6.07, 6.45) is 6.66. The van der Waals surface area contributed by atoms with Gasteiger partial charge in [-0.05, 0) is 31.6 Å². The Morgan fingerprint density at radius 3 is 2.75 bits per heavy atom. The molecule has 0 saturated heterocycles. The van der Waals surface area contributed by atoms with Crippen LogP contribution in [0.2, 0.25) is 0 Å². The summed E-state index contributed by atoms with van der Waals surface area (Å²) in [6, 6.07) is 0. The molecule has 1 aliphatic carbocycles. The van der Waals surface area contributed by atoms with E-state index in [0.29, 0.717) is 5.92 Å². The van der Waals surface area contributed by atoms with Crippen molar-refractivity contribution in [3.63, 3.8) is 0 Å². The Morgan fingerprint density at radius 2 is 2.38 bits per heavy atom. The molecule has 0 N–H and O–H groups in total. The molecule has 0 aliphatic heterocycles. The molecule has 0 heteroatoms. The van der Waals surface area contributed by atoms with Crippen molar-refractivity contribution in [2.75, 3.05) is 0 Å². The van der Waals surface area contributed by atoms with Gasteiger partial charge in [-0.15, -0.1) is 0 Å². The number of hydrogen-bond donors (Lipinski definition) is 0. The van der Waals surface area contributed by atoms with Crippen LogP contribution in [-0.4, -0.2) is 0 Å². The smallest absolute Gasteiger partial charge is 0.0197 e. The van der Waals surface area contributed by atoms with E-state index in [0.717, 1.165) is 12.3 Å². The summed E-state index contributed by atoms with van der Waals surface area (Å²) in [6.45, 7) is 7.88. The summed E-state index contributed by atoms with van der Waals surface area (Å²) >= 11 is 0. The molecule has 0 aromatic heterocycles. The van der Waals surface area contributed by atoms with E-state index >= 15 is 0 Å². The SMILES string of the molecule is [CH]C1C=CCC(C)C1. The van der Waals surface area contributed by atoms with Gasteiger partial charge in [0.05, 0.1) is 0 Å². The van der Waals surface area contributed by atoms with Crippen molar-refractivity contribution in [3.05, 3.63) is 19.1 Å². The van der Waals surface area contributed by atoms with E-state index < -0.39 is 0 Å². The van der Waals surface area contributed by atoms with Crippen molar-refractivity contribution in [2.45, 2.75) is 19.8 Å². The molecule has 0 amide bonds. The van der Waals surface area contributed by atoms with Crippen molar-refractivity contribution in [3.8, 4) is 0 Å². The average molecular weight is 108 g/mol. The first-order chi connectivity index (χ1) is 3.79. The fourth-order valence-electron chi connectivity index (χ4n) is 1.13. The average Bonchev–Trinajstić information content (AvgIpc) is 1.64. The van der Waals surface area contributed by atoms with Crippen LogP contribution in [0.3, 0.4) is 0 Å². The molecular formula is C8H12. The third kappa shape index (κ3) is 1.36. The van der Waals surface area contributed by atoms with E-state index in [9.17, 15) is 0 Å². The van der Waals surface area contributed by atoms with E-state index in [1.54, 1.807) is 0 Å². The summed E-state index contributed by atoms with van der Waals surface area (Å²) in [5, 5.41) is 0. The number of allylic oxidation sites excluding steroid dienone is 2. The van der Waals surface area contributed by atoms with E-state index in [4.69, 9.17) is 6.92 Å². The van der Waals surface area contributed by atoms with Crippen LogP contribution < -0.4 is 0 Å².